The zero-order chi connectivity index (χ0) is 15.9. The number of esters is 1. The van der Waals surface area contributed by atoms with Crippen molar-refractivity contribution in [2.24, 2.45) is 0 Å². The number of nitrogens with zero attached hydrogens (tertiary/aromatic N) is 3. The molecule has 0 saturated carbocycles. The first-order chi connectivity index (χ1) is 10.5. The van der Waals surface area contributed by atoms with Crippen LogP contribution in [-0.4, -0.2) is 35.1 Å². The summed E-state index contributed by atoms with van der Waals surface area (Å²) in [4.78, 5) is 30.2. The van der Waals surface area contributed by atoms with Crippen molar-refractivity contribution in [1.29, 1.82) is 0 Å². The Morgan fingerprint density at radius 3 is 2.95 bits per heavy atom. The number of hydrogen-bond donors (Lipinski definition) is 0. The quantitative estimate of drug-likeness (QED) is 0.797. The van der Waals surface area contributed by atoms with E-state index < -0.39 is 5.97 Å². The summed E-state index contributed by atoms with van der Waals surface area (Å²) in [5.74, 6) is -0.104. The molecule has 0 fully saturated rings. The molecule has 2 heterocycles. The Morgan fingerprint density at radius 2 is 2.23 bits per heavy atom. The van der Waals surface area contributed by atoms with Crippen molar-refractivity contribution in [3.8, 4) is 11.4 Å². The largest absolute Gasteiger partial charge is 0.461 e. The molecule has 6 nitrogen and oxygen atoms in total. The molecule has 1 aliphatic rings. The van der Waals surface area contributed by atoms with Crippen LogP contribution in [0, 0.1) is 0 Å². The van der Waals surface area contributed by atoms with E-state index in [4.69, 9.17) is 16.3 Å². The maximum absolute atomic E-state index is 12.4. The number of carbonyl (C=O) groups excluding carboxylic acids is 2. The third kappa shape index (κ3) is 2.25. The van der Waals surface area contributed by atoms with Gasteiger partial charge in [-0.15, -0.1) is 0 Å². The Morgan fingerprint density at radius 1 is 1.45 bits per heavy atom. The van der Waals surface area contributed by atoms with E-state index in [1.165, 1.54) is 11.1 Å². The summed E-state index contributed by atoms with van der Waals surface area (Å²) < 4.78 is 6.60. The van der Waals surface area contributed by atoms with Gasteiger partial charge in [-0.25, -0.2) is 9.78 Å². The summed E-state index contributed by atoms with van der Waals surface area (Å²) >= 11 is 6.03. The second-order valence-electron chi connectivity index (χ2n) is 4.89. The van der Waals surface area contributed by atoms with E-state index in [0.29, 0.717) is 16.5 Å². The van der Waals surface area contributed by atoms with Gasteiger partial charge in [0.2, 0.25) is 5.91 Å². The van der Waals surface area contributed by atoms with Crippen molar-refractivity contribution in [1.82, 2.24) is 9.55 Å². The van der Waals surface area contributed by atoms with Crippen molar-refractivity contribution in [2.45, 2.75) is 13.5 Å². The highest BCUT2D eigenvalue weighted by molar-refractivity contribution is 6.31. The number of amides is 1. The van der Waals surface area contributed by atoms with E-state index in [2.05, 4.69) is 4.98 Å². The van der Waals surface area contributed by atoms with Crippen molar-refractivity contribution >= 4 is 29.2 Å². The van der Waals surface area contributed by atoms with Crippen LogP contribution in [0.1, 0.15) is 17.4 Å². The Bertz CT molecular complexity index is 769. The molecule has 1 aromatic carbocycles. The Kier molecular flexibility index (Phi) is 3.62. The average Bonchev–Trinajstić information content (AvgIpc) is 2.86. The highest BCUT2D eigenvalue weighted by atomic mass is 35.5. The summed E-state index contributed by atoms with van der Waals surface area (Å²) in [6.07, 6.45) is 1.43. The van der Waals surface area contributed by atoms with Crippen LogP contribution in [0.25, 0.3) is 11.4 Å². The number of fused-ring (bicyclic) bond motifs is 3. The van der Waals surface area contributed by atoms with Gasteiger partial charge >= 0.3 is 5.97 Å². The minimum absolute atomic E-state index is 0.0201. The first-order valence-corrected chi connectivity index (χ1v) is 7.20. The lowest BCUT2D eigenvalue weighted by molar-refractivity contribution is -0.118. The van der Waals surface area contributed by atoms with Gasteiger partial charge in [-0.2, -0.15) is 0 Å². The molecule has 1 aromatic heterocycles. The van der Waals surface area contributed by atoms with Crippen molar-refractivity contribution in [3.05, 3.63) is 35.1 Å². The third-order valence-corrected chi connectivity index (χ3v) is 3.80. The van der Waals surface area contributed by atoms with Crippen LogP contribution in [0.5, 0.6) is 0 Å². The monoisotopic (exact) mass is 319 g/mol. The number of likely N-dealkylation sites (N-methyl/N-ethyl adjacent to an activating group) is 1. The summed E-state index contributed by atoms with van der Waals surface area (Å²) in [5, 5.41) is 0.532. The fraction of sp³-hybridized carbons (Fsp3) is 0.267. The molecule has 0 spiro atoms. The minimum Gasteiger partial charge on any atom is -0.461 e. The molecule has 0 radical (unpaired) electrons. The smallest absolute Gasteiger partial charge is 0.356 e. The van der Waals surface area contributed by atoms with Crippen LogP contribution in [0.2, 0.25) is 5.02 Å². The summed E-state index contributed by atoms with van der Waals surface area (Å²) in [7, 11) is 1.67. The second-order valence-corrected chi connectivity index (χ2v) is 5.32. The van der Waals surface area contributed by atoms with Gasteiger partial charge in [0.15, 0.2) is 0 Å². The lowest BCUT2D eigenvalue weighted by atomic mass is 10.1. The number of rotatable bonds is 2. The Hall–Kier alpha value is -2.34. The van der Waals surface area contributed by atoms with Crippen molar-refractivity contribution in [2.75, 3.05) is 18.6 Å². The van der Waals surface area contributed by atoms with Gasteiger partial charge in [0, 0.05) is 17.6 Å². The molecule has 114 valence electrons. The Balaban J connectivity index is 2.20. The van der Waals surface area contributed by atoms with Crippen LogP contribution < -0.4 is 4.90 Å². The molecule has 22 heavy (non-hydrogen) atoms. The van der Waals surface area contributed by atoms with Gasteiger partial charge in [-0.1, -0.05) is 11.6 Å². The number of anilines is 1. The molecular formula is C15H14ClN3O3. The number of carbonyl (C=O) groups is 2. The molecule has 0 N–H and O–H groups in total. The molecule has 1 amide bonds. The third-order valence-electron chi connectivity index (χ3n) is 3.57. The van der Waals surface area contributed by atoms with Gasteiger partial charge in [-0.05, 0) is 25.1 Å². The predicted molar refractivity (Wildman–Crippen MR) is 82.0 cm³/mol. The van der Waals surface area contributed by atoms with Crippen LogP contribution in [0.15, 0.2) is 24.4 Å². The standard InChI is InChI=1S/C15H14ClN3O3/c1-3-22-15(21)12-7-17-14-10-5-4-9(16)6-11(10)18(2)13(20)8-19(12)14/h4-7H,3,8H2,1-2H3. The van der Waals surface area contributed by atoms with E-state index in [1.807, 2.05) is 0 Å². The highest BCUT2D eigenvalue weighted by Gasteiger charge is 2.28. The zero-order valence-electron chi connectivity index (χ0n) is 12.2. The molecule has 7 heteroatoms. The number of imidazole rings is 1. The van der Waals surface area contributed by atoms with Crippen molar-refractivity contribution < 1.29 is 14.3 Å². The SMILES string of the molecule is CCOC(=O)c1cnc2n1CC(=O)N(C)c1cc(Cl)ccc1-2. The van der Waals surface area contributed by atoms with Crippen LogP contribution in [0.4, 0.5) is 5.69 Å². The van der Waals surface area contributed by atoms with Gasteiger partial charge in [0.25, 0.3) is 0 Å². The van der Waals surface area contributed by atoms with E-state index in [1.54, 1.807) is 36.7 Å². The minimum atomic E-state index is -0.492. The topological polar surface area (TPSA) is 64.4 Å². The number of ether oxygens (including phenoxy) is 1. The first kappa shape index (κ1) is 14.6. The molecule has 0 saturated heterocycles. The predicted octanol–water partition coefficient (Wildman–Crippen LogP) is 2.36. The maximum atomic E-state index is 12.4. The fourth-order valence-corrected chi connectivity index (χ4v) is 2.63. The Labute approximate surface area is 132 Å². The first-order valence-electron chi connectivity index (χ1n) is 6.82. The van der Waals surface area contributed by atoms with E-state index >= 15 is 0 Å². The molecule has 0 unspecified atom stereocenters. The van der Waals surface area contributed by atoms with Gasteiger partial charge in [-0.3, -0.25) is 4.79 Å². The van der Waals surface area contributed by atoms with E-state index in [-0.39, 0.29) is 24.8 Å². The van der Waals surface area contributed by atoms with Gasteiger partial charge in [0.05, 0.1) is 18.5 Å². The fourth-order valence-electron chi connectivity index (χ4n) is 2.47. The van der Waals surface area contributed by atoms with E-state index in [0.717, 1.165) is 5.56 Å². The lowest BCUT2D eigenvalue weighted by Crippen LogP contribution is -2.29. The number of halogens is 1. The zero-order valence-corrected chi connectivity index (χ0v) is 12.9. The summed E-state index contributed by atoms with van der Waals surface area (Å²) in [6, 6.07) is 5.23. The van der Waals surface area contributed by atoms with Gasteiger partial charge < -0.3 is 14.2 Å². The average molecular weight is 320 g/mol. The number of aromatic nitrogens is 2. The van der Waals surface area contributed by atoms with Crippen molar-refractivity contribution in [3.63, 3.8) is 0 Å². The molecule has 1 aliphatic heterocycles. The number of benzene rings is 1. The molecule has 3 rings (SSSR count). The second kappa shape index (κ2) is 5.46. The summed E-state index contributed by atoms with van der Waals surface area (Å²) in [5.41, 5.74) is 1.67. The molecule has 2 aromatic rings. The number of hydrogen-bond acceptors (Lipinski definition) is 4. The lowest BCUT2D eigenvalue weighted by Gasteiger charge is -2.17. The maximum Gasteiger partial charge on any atom is 0.356 e. The van der Waals surface area contributed by atoms with Crippen LogP contribution in [0.3, 0.4) is 0 Å². The molecule has 0 aliphatic carbocycles. The van der Waals surface area contributed by atoms with E-state index in [9.17, 15) is 9.59 Å². The van der Waals surface area contributed by atoms with Crippen LogP contribution >= 0.6 is 11.6 Å². The molecular weight excluding hydrogens is 306 g/mol. The normalized spacial score (nSPS) is 13.4. The molecule has 0 atom stereocenters. The summed E-state index contributed by atoms with van der Waals surface area (Å²) in [6.45, 7) is 2.01. The van der Waals surface area contributed by atoms with Crippen LogP contribution in [-0.2, 0) is 16.1 Å². The highest BCUT2D eigenvalue weighted by Crippen LogP contribution is 2.35. The molecule has 0 bridgehead atoms. The van der Waals surface area contributed by atoms with Gasteiger partial charge in [0.1, 0.15) is 18.1 Å².